The lowest BCUT2D eigenvalue weighted by Gasteiger charge is -2.42. The number of nitrogens with zero attached hydrogens (tertiary/aromatic N) is 4. The number of benzene rings is 1. The maximum atomic E-state index is 12.2. The Balaban J connectivity index is 1.02. The molecule has 9 nitrogen and oxygen atoms in total. The molecule has 1 amide bonds. The fourth-order valence-corrected chi connectivity index (χ4v) is 8.57. The van der Waals surface area contributed by atoms with Gasteiger partial charge in [0.15, 0.2) is 0 Å². The highest BCUT2D eigenvalue weighted by atomic mass is 16.6. The molecule has 8 rings (SSSR count). The number of likely N-dealkylation sites (tertiary alicyclic amines) is 1. The number of nitrogens with two attached hydrogens (primary N) is 2. The number of anilines is 1. The summed E-state index contributed by atoms with van der Waals surface area (Å²) in [6.45, 7) is 1.55. The first-order valence-corrected chi connectivity index (χ1v) is 15.0. The molecule has 3 aliphatic heterocycles. The van der Waals surface area contributed by atoms with Crippen LogP contribution in [0, 0.1) is 11.8 Å². The van der Waals surface area contributed by atoms with Crippen LogP contribution in [0.25, 0.3) is 22.2 Å². The Bertz CT molecular complexity index is 1460. The monoisotopic (exact) mass is 542 g/mol. The van der Waals surface area contributed by atoms with Crippen molar-refractivity contribution in [1.82, 2.24) is 19.4 Å². The highest BCUT2D eigenvalue weighted by Gasteiger charge is 2.50. The van der Waals surface area contributed by atoms with Crippen molar-refractivity contribution in [2.75, 3.05) is 18.9 Å². The van der Waals surface area contributed by atoms with E-state index in [-0.39, 0.29) is 17.6 Å². The van der Waals surface area contributed by atoms with Crippen LogP contribution in [0.1, 0.15) is 63.8 Å². The summed E-state index contributed by atoms with van der Waals surface area (Å²) >= 11 is 0. The van der Waals surface area contributed by atoms with Crippen LogP contribution < -0.4 is 16.2 Å². The number of amides is 1. The highest BCUT2D eigenvalue weighted by Crippen LogP contribution is 2.48. The zero-order valence-corrected chi connectivity index (χ0v) is 22.9. The number of aromatic nitrogens is 3. The highest BCUT2D eigenvalue weighted by molar-refractivity contribution is 6.00. The van der Waals surface area contributed by atoms with E-state index in [0.717, 1.165) is 85.8 Å². The topological polar surface area (TPSA) is 122 Å². The maximum absolute atomic E-state index is 12.2. The third kappa shape index (κ3) is 3.92. The number of fused-ring (bicyclic) bond motifs is 5. The molecule has 210 valence electrons. The minimum absolute atomic E-state index is 0.0752. The number of nitrogen functional groups attached to an aromatic ring is 1. The summed E-state index contributed by atoms with van der Waals surface area (Å²) in [5.41, 5.74) is 15.1. The van der Waals surface area contributed by atoms with Crippen molar-refractivity contribution >= 4 is 22.8 Å². The minimum Gasteiger partial charge on any atom is -0.491 e. The first kappa shape index (κ1) is 24.6. The lowest BCUT2D eigenvalue weighted by molar-refractivity contribution is -0.125. The average molecular weight is 543 g/mol. The summed E-state index contributed by atoms with van der Waals surface area (Å²) in [6, 6.07) is 9.05. The fourth-order valence-electron chi connectivity index (χ4n) is 8.57. The number of hydrogen-bond donors (Lipinski definition) is 2. The van der Waals surface area contributed by atoms with Crippen LogP contribution in [0.2, 0.25) is 0 Å². The molecule has 2 aromatic heterocycles. The van der Waals surface area contributed by atoms with E-state index >= 15 is 0 Å². The van der Waals surface area contributed by atoms with Gasteiger partial charge in [0.05, 0.1) is 17.5 Å². The summed E-state index contributed by atoms with van der Waals surface area (Å²) in [6.07, 6.45) is 14.2. The Hall–Kier alpha value is -3.17. The quantitative estimate of drug-likeness (QED) is 0.440. The van der Waals surface area contributed by atoms with Crippen molar-refractivity contribution in [2.24, 2.45) is 17.6 Å². The zero-order valence-electron chi connectivity index (χ0n) is 22.9. The van der Waals surface area contributed by atoms with Crippen LogP contribution in [0.5, 0.6) is 5.75 Å². The van der Waals surface area contributed by atoms with Crippen molar-refractivity contribution in [1.29, 1.82) is 0 Å². The number of primary amides is 1. The van der Waals surface area contributed by atoms with Gasteiger partial charge in [-0.1, -0.05) is 12.1 Å². The summed E-state index contributed by atoms with van der Waals surface area (Å²) in [7, 11) is 0. The molecule has 0 unspecified atom stereocenters. The number of piperidine rings is 1. The maximum Gasteiger partial charge on any atom is 0.235 e. The van der Waals surface area contributed by atoms with Gasteiger partial charge in [0.25, 0.3) is 0 Å². The molecule has 3 aromatic rings. The van der Waals surface area contributed by atoms with Crippen LogP contribution in [0.4, 0.5) is 5.82 Å². The normalized spacial score (nSPS) is 34.5. The van der Waals surface area contributed by atoms with Gasteiger partial charge in [-0.15, -0.1) is 0 Å². The largest absolute Gasteiger partial charge is 0.491 e. The molecule has 4 bridgehead atoms. The molecule has 1 aromatic carbocycles. The molecule has 5 heterocycles. The van der Waals surface area contributed by atoms with E-state index in [0.29, 0.717) is 42.4 Å². The van der Waals surface area contributed by atoms with E-state index in [1.165, 1.54) is 6.42 Å². The van der Waals surface area contributed by atoms with Crippen molar-refractivity contribution in [3.63, 3.8) is 0 Å². The van der Waals surface area contributed by atoms with Gasteiger partial charge in [-0.2, -0.15) is 0 Å². The number of carbonyl (C=O) groups excluding carboxylic acids is 1. The number of carbonyl (C=O) groups is 1. The molecule has 0 radical (unpaired) electrons. The van der Waals surface area contributed by atoms with E-state index in [2.05, 4.69) is 37.8 Å². The second-order valence-corrected chi connectivity index (χ2v) is 13.0. The molecule has 9 heteroatoms. The zero-order chi connectivity index (χ0) is 27.0. The fraction of sp³-hybridized carbons (Fsp3) is 0.581. The Morgan fingerprint density at radius 3 is 2.73 bits per heavy atom. The second kappa shape index (κ2) is 9.17. The van der Waals surface area contributed by atoms with E-state index in [9.17, 15) is 4.79 Å². The molecular formula is C31H38N6O3. The molecule has 2 aliphatic carbocycles. The van der Waals surface area contributed by atoms with Gasteiger partial charge in [0.1, 0.15) is 35.7 Å². The molecule has 5 aliphatic rings. The van der Waals surface area contributed by atoms with Crippen molar-refractivity contribution in [3.05, 3.63) is 36.8 Å². The second-order valence-electron chi connectivity index (χ2n) is 13.0. The van der Waals surface area contributed by atoms with Gasteiger partial charge < -0.3 is 25.5 Å². The van der Waals surface area contributed by atoms with Gasteiger partial charge in [-0.25, -0.2) is 9.97 Å². The van der Waals surface area contributed by atoms with Crippen molar-refractivity contribution < 1.29 is 14.3 Å². The third-order valence-electron chi connectivity index (χ3n) is 10.6. The lowest BCUT2D eigenvalue weighted by atomic mass is 9.79. The van der Waals surface area contributed by atoms with Gasteiger partial charge in [0.2, 0.25) is 5.91 Å². The first-order valence-electron chi connectivity index (χ1n) is 15.0. The summed E-state index contributed by atoms with van der Waals surface area (Å²) < 4.78 is 14.8. The summed E-state index contributed by atoms with van der Waals surface area (Å²) in [4.78, 5) is 23.6. The van der Waals surface area contributed by atoms with Gasteiger partial charge in [0, 0.05) is 30.4 Å². The SMILES string of the molecule is NC(=O)[C@@H]1[C@H]2CC[C@H](C2)N1CC1CC(n2cc(-c3cccc(OCC45CCC(CC4)O5)c3)c3c(N)ncnc32)C1. The third-order valence-corrected chi connectivity index (χ3v) is 10.6. The van der Waals surface area contributed by atoms with Crippen molar-refractivity contribution in [2.45, 2.75) is 87.6 Å². The molecule has 2 saturated carbocycles. The Morgan fingerprint density at radius 2 is 1.95 bits per heavy atom. The van der Waals surface area contributed by atoms with Crippen LogP contribution in [-0.2, 0) is 9.53 Å². The summed E-state index contributed by atoms with van der Waals surface area (Å²) in [5.74, 6) is 2.19. The van der Waals surface area contributed by atoms with Gasteiger partial charge >= 0.3 is 0 Å². The minimum atomic E-state index is -0.148. The van der Waals surface area contributed by atoms with E-state index in [4.69, 9.17) is 20.9 Å². The van der Waals surface area contributed by atoms with Crippen LogP contribution in [0.15, 0.2) is 36.8 Å². The van der Waals surface area contributed by atoms with Crippen molar-refractivity contribution in [3.8, 4) is 16.9 Å². The van der Waals surface area contributed by atoms with E-state index in [1.807, 2.05) is 12.1 Å². The predicted molar refractivity (Wildman–Crippen MR) is 152 cm³/mol. The average Bonchev–Trinajstić information content (AvgIpc) is 3.76. The molecular weight excluding hydrogens is 504 g/mol. The van der Waals surface area contributed by atoms with E-state index in [1.54, 1.807) is 6.33 Å². The number of ether oxygens (including phenoxy) is 2. The smallest absolute Gasteiger partial charge is 0.235 e. The van der Waals surface area contributed by atoms with Gasteiger partial charge in [-0.05, 0) is 87.3 Å². The molecule has 3 saturated heterocycles. The lowest BCUT2D eigenvalue weighted by Crippen LogP contribution is -2.51. The van der Waals surface area contributed by atoms with Crippen LogP contribution >= 0.6 is 0 Å². The standard InChI is InChI=1S/C31H38N6O3/c32-28-26-25(19-2-1-3-24(13-19)39-16-31-8-6-23(40-31)7-9-31)15-37(30(26)35-17-34-28)22-10-18(11-22)14-36-21-5-4-20(12-21)27(36)29(33)38/h1-3,13,15,17-18,20-23,27H,4-12,14,16H2,(H2,33,38)(H2,32,34,35)/t18?,20-,21+,22?,23?,27-,31?/m0/s1. The van der Waals surface area contributed by atoms with Crippen LogP contribution in [-0.4, -0.2) is 62.3 Å². The van der Waals surface area contributed by atoms with Gasteiger partial charge in [-0.3, -0.25) is 9.69 Å². The Morgan fingerprint density at radius 1 is 1.10 bits per heavy atom. The molecule has 40 heavy (non-hydrogen) atoms. The summed E-state index contributed by atoms with van der Waals surface area (Å²) in [5, 5.41) is 0.894. The number of rotatable bonds is 8. The molecule has 4 N–H and O–H groups in total. The predicted octanol–water partition coefficient (Wildman–Crippen LogP) is 4.06. The molecule has 0 spiro atoms. The molecule has 5 fully saturated rings. The van der Waals surface area contributed by atoms with Crippen LogP contribution in [0.3, 0.4) is 0 Å². The number of hydrogen-bond acceptors (Lipinski definition) is 7. The molecule has 3 atom stereocenters. The Kier molecular flexibility index (Phi) is 5.65. The Labute approximate surface area is 234 Å². The first-order chi connectivity index (χ1) is 19.5. The van der Waals surface area contributed by atoms with E-state index < -0.39 is 0 Å².